The number of aliphatic carboxylic acids is 2. The number of pyridine rings is 2. The number of hydrogen-bond donors (Lipinski definition) is 2. The Morgan fingerprint density at radius 3 is 1.19 bits per heavy atom. The van der Waals surface area contributed by atoms with Crippen molar-refractivity contribution in [3.05, 3.63) is 48.8 Å². The van der Waals surface area contributed by atoms with Gasteiger partial charge in [-0.1, -0.05) is 12.1 Å². The van der Waals surface area contributed by atoms with Crippen molar-refractivity contribution >= 4 is 11.9 Å². The fourth-order valence-corrected chi connectivity index (χ4v) is 1.03. The molecule has 0 saturated heterocycles. The summed E-state index contributed by atoms with van der Waals surface area (Å²) in [6.07, 6.45) is 3.54. The Bertz CT molecular complexity index is 510. The van der Waals surface area contributed by atoms with Crippen LogP contribution in [-0.2, 0) is 26.1 Å². The Morgan fingerprint density at radius 2 is 1.04 bits per heavy atom. The van der Waals surface area contributed by atoms with Crippen LogP contribution in [-0.4, -0.2) is 51.4 Å². The predicted molar refractivity (Wildman–Crippen MR) is 86.4 cm³/mol. The van der Waals surface area contributed by atoms with Crippen LogP contribution in [0.2, 0.25) is 0 Å². The first kappa shape index (κ1) is 34.8. The average Bonchev–Trinajstić information content (AvgIpc) is 2.57. The third kappa shape index (κ3) is 19.6. The monoisotopic (exact) mass is 416 g/mol. The normalized spacial score (nSPS) is 7.31. The van der Waals surface area contributed by atoms with Crippen molar-refractivity contribution in [3.63, 3.8) is 0 Å². The summed E-state index contributed by atoms with van der Waals surface area (Å²) in [6.45, 7) is -0.778. The summed E-state index contributed by atoms with van der Waals surface area (Å²) >= 11 is 0. The molecule has 0 fully saturated rings. The summed E-state index contributed by atoms with van der Waals surface area (Å²) in [6, 6.07) is 11.6. The van der Waals surface area contributed by atoms with Gasteiger partial charge in [0.05, 0.1) is 23.3 Å². The molecule has 2 aromatic rings. The molecular formula is C14H22N4NiO7. The second kappa shape index (κ2) is 22.5. The van der Waals surface area contributed by atoms with Gasteiger partial charge in [-0.15, -0.1) is 0 Å². The molecule has 0 aliphatic rings. The molecular weight excluding hydrogens is 395 g/mol. The number of carbonyl (C=O) groups is 2. The SMILES string of the molecule is NCC(=O)[O-].NCC(=O)[O-].O.O.O.[Ni+2].c1ccc(-c2ccccn2)nc1. The van der Waals surface area contributed by atoms with Gasteiger partial charge >= 0.3 is 16.5 Å². The summed E-state index contributed by atoms with van der Waals surface area (Å²) < 4.78 is 0. The summed E-state index contributed by atoms with van der Waals surface area (Å²) in [4.78, 5) is 26.6. The first-order valence-electron chi connectivity index (χ1n) is 6.13. The van der Waals surface area contributed by atoms with E-state index in [1.165, 1.54) is 0 Å². The maximum absolute atomic E-state index is 9.13. The Kier molecular flexibility index (Phi) is 30.1. The molecule has 2 rings (SSSR count). The van der Waals surface area contributed by atoms with Crippen molar-refractivity contribution in [2.45, 2.75) is 0 Å². The van der Waals surface area contributed by atoms with Crippen LogP contribution in [0.1, 0.15) is 0 Å². The van der Waals surface area contributed by atoms with Gasteiger partial charge in [-0.05, 0) is 24.3 Å². The fourth-order valence-electron chi connectivity index (χ4n) is 1.03. The number of rotatable bonds is 3. The van der Waals surface area contributed by atoms with E-state index in [1.54, 1.807) is 12.4 Å². The van der Waals surface area contributed by atoms with Gasteiger partial charge in [0.25, 0.3) is 0 Å². The number of aromatic nitrogens is 2. The zero-order valence-electron chi connectivity index (χ0n) is 13.5. The van der Waals surface area contributed by atoms with E-state index in [-0.39, 0.29) is 46.0 Å². The first-order chi connectivity index (χ1) is 10.5. The second-order valence-corrected chi connectivity index (χ2v) is 3.58. The molecule has 0 saturated carbocycles. The minimum atomic E-state index is -1.22. The Labute approximate surface area is 159 Å². The zero-order valence-corrected chi connectivity index (χ0v) is 14.5. The molecule has 0 spiro atoms. The van der Waals surface area contributed by atoms with Gasteiger partial charge in [-0.2, -0.15) is 0 Å². The topological polar surface area (TPSA) is 253 Å². The number of hydrogen-bond acceptors (Lipinski definition) is 8. The summed E-state index contributed by atoms with van der Waals surface area (Å²) in [5.74, 6) is -2.44. The van der Waals surface area contributed by atoms with E-state index in [0.717, 1.165) is 11.4 Å². The van der Waals surface area contributed by atoms with Crippen LogP contribution in [0, 0.1) is 0 Å². The van der Waals surface area contributed by atoms with Gasteiger partial charge in [0.15, 0.2) is 0 Å². The molecule has 0 bridgehead atoms. The third-order valence-electron chi connectivity index (χ3n) is 1.93. The molecule has 2 aromatic heterocycles. The number of carboxylic acids is 2. The van der Waals surface area contributed by atoms with Crippen molar-refractivity contribution in [2.24, 2.45) is 11.5 Å². The minimum absolute atomic E-state index is 0. The van der Waals surface area contributed by atoms with Gasteiger partial charge in [0, 0.05) is 25.5 Å². The molecule has 0 aromatic carbocycles. The Hall–Kier alpha value is -2.47. The van der Waals surface area contributed by atoms with E-state index in [2.05, 4.69) is 21.4 Å². The zero-order chi connectivity index (χ0) is 16.8. The van der Waals surface area contributed by atoms with Crippen molar-refractivity contribution in [2.75, 3.05) is 13.1 Å². The summed E-state index contributed by atoms with van der Waals surface area (Å²) in [5.41, 5.74) is 10.8. The molecule has 0 aliphatic carbocycles. The molecule has 0 aliphatic heterocycles. The number of carbonyl (C=O) groups excluding carboxylic acids is 2. The Morgan fingerprint density at radius 1 is 0.769 bits per heavy atom. The molecule has 0 atom stereocenters. The summed E-state index contributed by atoms with van der Waals surface area (Å²) in [5, 5.41) is 18.3. The minimum Gasteiger partial charge on any atom is -0.549 e. The van der Waals surface area contributed by atoms with Crippen LogP contribution in [0.25, 0.3) is 11.4 Å². The van der Waals surface area contributed by atoms with Gasteiger partial charge in [-0.3, -0.25) is 9.97 Å². The molecule has 0 radical (unpaired) electrons. The van der Waals surface area contributed by atoms with Gasteiger partial charge in [0.1, 0.15) is 0 Å². The first-order valence-corrected chi connectivity index (χ1v) is 6.13. The third-order valence-corrected chi connectivity index (χ3v) is 1.93. The largest absolute Gasteiger partial charge is 2.00 e. The van der Waals surface area contributed by atoms with E-state index in [0.29, 0.717) is 0 Å². The molecule has 11 nitrogen and oxygen atoms in total. The van der Waals surface area contributed by atoms with E-state index in [9.17, 15) is 0 Å². The molecule has 2 heterocycles. The summed E-state index contributed by atoms with van der Waals surface area (Å²) in [7, 11) is 0. The molecule has 0 unspecified atom stereocenters. The van der Waals surface area contributed by atoms with Crippen molar-refractivity contribution < 1.29 is 52.7 Å². The standard InChI is InChI=1S/C10H8N2.2C2H5NO2.Ni.3H2O/c1-3-7-11-9(5-1)10-6-2-4-8-12-10;2*3-1-2(4)5;;;;/h1-8H;2*1,3H2,(H,4,5);;3*1H2/q;;;+2;;;/p-2. The number of nitrogens with zero attached hydrogens (tertiary/aromatic N) is 2. The Balaban J connectivity index is -0.0000000917. The van der Waals surface area contributed by atoms with Crippen molar-refractivity contribution in [1.29, 1.82) is 0 Å². The van der Waals surface area contributed by atoms with Crippen LogP contribution < -0.4 is 21.7 Å². The molecule has 150 valence electrons. The number of nitrogens with two attached hydrogens (primary N) is 2. The molecule has 26 heavy (non-hydrogen) atoms. The van der Waals surface area contributed by atoms with Crippen molar-refractivity contribution in [3.8, 4) is 11.4 Å². The van der Waals surface area contributed by atoms with E-state index in [4.69, 9.17) is 19.8 Å². The van der Waals surface area contributed by atoms with Crippen LogP contribution >= 0.6 is 0 Å². The van der Waals surface area contributed by atoms with Crippen LogP contribution in [0.3, 0.4) is 0 Å². The van der Waals surface area contributed by atoms with Gasteiger partial charge < -0.3 is 47.7 Å². The maximum atomic E-state index is 9.13. The van der Waals surface area contributed by atoms with E-state index in [1.807, 2.05) is 36.4 Å². The quantitative estimate of drug-likeness (QED) is 0.456. The van der Waals surface area contributed by atoms with Gasteiger partial charge in [-0.25, -0.2) is 0 Å². The fraction of sp³-hybridized carbons (Fsp3) is 0.143. The van der Waals surface area contributed by atoms with Gasteiger partial charge in [0.2, 0.25) is 0 Å². The maximum Gasteiger partial charge on any atom is 2.00 e. The molecule has 10 N–H and O–H groups in total. The van der Waals surface area contributed by atoms with E-state index >= 15 is 0 Å². The average molecular weight is 417 g/mol. The van der Waals surface area contributed by atoms with Crippen LogP contribution in [0.15, 0.2) is 48.8 Å². The second-order valence-electron chi connectivity index (χ2n) is 3.58. The predicted octanol–water partition coefficient (Wildman–Crippen LogP) is -4.94. The number of carboxylic acid groups (broad SMARTS) is 2. The van der Waals surface area contributed by atoms with Crippen LogP contribution in [0.4, 0.5) is 0 Å². The van der Waals surface area contributed by atoms with Crippen molar-refractivity contribution in [1.82, 2.24) is 9.97 Å². The molecule has 12 heteroatoms. The van der Waals surface area contributed by atoms with E-state index < -0.39 is 11.9 Å². The molecule has 0 amide bonds. The smallest absolute Gasteiger partial charge is 0.549 e. The van der Waals surface area contributed by atoms with Crippen LogP contribution in [0.5, 0.6) is 0 Å².